The third kappa shape index (κ3) is 0.809. The summed E-state index contributed by atoms with van der Waals surface area (Å²) in [5.74, 6) is -0.736. The van der Waals surface area contributed by atoms with Gasteiger partial charge in [0, 0.05) is 0 Å². The van der Waals surface area contributed by atoms with Gasteiger partial charge in [-0.05, 0) is 5.22 Å². The van der Waals surface area contributed by atoms with Gasteiger partial charge in [-0.15, -0.1) is 10.5 Å². The first-order chi connectivity index (χ1) is 4.22. The lowest BCUT2D eigenvalue weighted by atomic mass is 10.4. The number of hydrogen-bond acceptors (Lipinski definition) is 4. The summed E-state index contributed by atoms with van der Waals surface area (Å²) in [6.45, 7) is 0. The molecule has 1 rings (SSSR count). The Morgan fingerprint density at radius 3 is 2.44 bits per heavy atom. The molecule has 1 heterocycles. The second-order valence-electron chi connectivity index (χ2n) is 1.39. The number of carbonyl (C=O) groups is 1. The van der Waals surface area contributed by atoms with Crippen LogP contribution in [0.1, 0.15) is 0 Å². The Bertz CT molecular complexity index is 204. The Balaban J connectivity index is 2.89. The fourth-order valence-corrected chi connectivity index (χ4v) is 0.389. The molecule has 0 atom stereocenters. The van der Waals surface area contributed by atoms with Gasteiger partial charge in [-0.1, -0.05) is 0 Å². The van der Waals surface area contributed by atoms with Crippen molar-refractivity contribution in [3.8, 4) is 0 Å². The van der Waals surface area contributed by atoms with Crippen molar-refractivity contribution in [2.75, 3.05) is 0 Å². The van der Waals surface area contributed by atoms with Crippen LogP contribution >= 0.6 is 0 Å². The highest BCUT2D eigenvalue weighted by Gasteiger charge is 2.14. The summed E-state index contributed by atoms with van der Waals surface area (Å²) in [7, 11) is 0. The van der Waals surface area contributed by atoms with Crippen LogP contribution in [0, 0.1) is 0 Å². The Morgan fingerprint density at radius 2 is 2.22 bits per heavy atom. The summed E-state index contributed by atoms with van der Waals surface area (Å²) >= 11 is 0. The molecule has 1 amide bonds. The molecule has 6 nitrogen and oxygen atoms in total. The van der Waals surface area contributed by atoms with E-state index in [-0.39, 0.29) is 11.5 Å². The maximum Gasteiger partial charge on any atom is 0.273 e. The number of rotatable bonds is 1. The number of carbonyl (C=O) groups excluding carboxylic acids is 1. The van der Waals surface area contributed by atoms with Crippen LogP contribution in [0.3, 0.4) is 0 Å². The molecule has 6 heteroatoms. The van der Waals surface area contributed by atoms with Crippen molar-refractivity contribution in [1.82, 2.24) is 5.43 Å². The number of nitrogens with two attached hydrogens (primary N) is 2. The van der Waals surface area contributed by atoms with E-state index in [0.717, 1.165) is 0 Å². The van der Waals surface area contributed by atoms with Gasteiger partial charge in [0.25, 0.3) is 5.91 Å². The molecular formula is C3H4N5O. The molecule has 0 unspecified atom stereocenters. The molecule has 0 saturated carbocycles. The minimum atomic E-state index is -0.711. The van der Waals surface area contributed by atoms with E-state index >= 15 is 0 Å². The maximum absolute atomic E-state index is 10.3. The Morgan fingerprint density at radius 1 is 1.56 bits per heavy atom. The van der Waals surface area contributed by atoms with Crippen LogP contribution < -0.4 is 16.9 Å². The van der Waals surface area contributed by atoms with Gasteiger partial charge in [-0.2, -0.15) is 0 Å². The van der Waals surface area contributed by atoms with Crippen molar-refractivity contribution in [2.45, 2.75) is 0 Å². The average molecular weight is 126 g/mol. The molecular weight excluding hydrogens is 122 g/mol. The van der Waals surface area contributed by atoms with Crippen molar-refractivity contribution in [2.24, 2.45) is 21.8 Å². The molecule has 0 saturated heterocycles. The second-order valence-corrected chi connectivity index (χ2v) is 1.39. The van der Waals surface area contributed by atoms with Crippen LogP contribution in [0.25, 0.3) is 0 Å². The quantitative estimate of drug-likeness (QED) is 0.449. The first-order valence-electron chi connectivity index (χ1n) is 2.13. The first kappa shape index (κ1) is 5.54. The zero-order valence-corrected chi connectivity index (χ0v) is 4.40. The zero-order chi connectivity index (χ0) is 6.85. The minimum Gasteiger partial charge on any atom is -0.380 e. The van der Waals surface area contributed by atoms with E-state index < -0.39 is 5.91 Å². The van der Waals surface area contributed by atoms with Crippen LogP contribution in [0.15, 0.2) is 21.9 Å². The van der Waals surface area contributed by atoms with Gasteiger partial charge in [0.2, 0.25) is 0 Å². The summed E-state index contributed by atoms with van der Waals surface area (Å²) in [5.41, 5.74) is 13.1. The lowest BCUT2D eigenvalue weighted by Crippen LogP contribution is -2.17. The molecule has 4 N–H and O–H groups in total. The lowest BCUT2D eigenvalue weighted by molar-refractivity contribution is -0.114. The summed E-state index contributed by atoms with van der Waals surface area (Å²) in [4.78, 5) is 10.3. The van der Waals surface area contributed by atoms with Gasteiger partial charge in [0.05, 0.1) is 0 Å². The third-order valence-electron chi connectivity index (χ3n) is 0.773. The SMILES string of the molecule is NC(=O)C1=C(N)[N]N=N1. The minimum absolute atomic E-state index is 0.0255. The van der Waals surface area contributed by atoms with Crippen LogP contribution in [-0.4, -0.2) is 5.91 Å². The summed E-state index contributed by atoms with van der Waals surface area (Å²) < 4.78 is 0. The van der Waals surface area contributed by atoms with E-state index in [0.29, 0.717) is 0 Å². The maximum atomic E-state index is 10.3. The van der Waals surface area contributed by atoms with Gasteiger partial charge < -0.3 is 11.5 Å². The molecule has 9 heavy (non-hydrogen) atoms. The van der Waals surface area contributed by atoms with E-state index in [1.54, 1.807) is 0 Å². The van der Waals surface area contributed by atoms with Crippen molar-refractivity contribution >= 4 is 5.91 Å². The highest BCUT2D eigenvalue weighted by atomic mass is 16.1. The Kier molecular flexibility index (Phi) is 1.07. The fraction of sp³-hybridized carbons (Fsp3) is 0. The Labute approximate surface area is 50.6 Å². The number of nitrogens with zero attached hydrogens (tertiary/aromatic N) is 3. The molecule has 0 aromatic heterocycles. The van der Waals surface area contributed by atoms with E-state index in [2.05, 4.69) is 15.8 Å². The van der Waals surface area contributed by atoms with Crippen LogP contribution in [0.2, 0.25) is 0 Å². The number of amides is 1. The van der Waals surface area contributed by atoms with Crippen molar-refractivity contribution < 1.29 is 4.79 Å². The third-order valence-corrected chi connectivity index (χ3v) is 0.773. The Hall–Kier alpha value is -1.59. The van der Waals surface area contributed by atoms with E-state index in [1.165, 1.54) is 0 Å². The molecule has 0 aromatic carbocycles. The van der Waals surface area contributed by atoms with E-state index in [4.69, 9.17) is 11.5 Å². The highest BCUT2D eigenvalue weighted by Crippen LogP contribution is 2.05. The molecule has 1 aliphatic heterocycles. The van der Waals surface area contributed by atoms with Gasteiger partial charge in [-0.3, -0.25) is 4.79 Å². The number of primary amides is 1. The van der Waals surface area contributed by atoms with Crippen LogP contribution in [0.5, 0.6) is 0 Å². The van der Waals surface area contributed by atoms with E-state index in [9.17, 15) is 4.79 Å². The van der Waals surface area contributed by atoms with Gasteiger partial charge in [0.15, 0.2) is 11.5 Å². The highest BCUT2D eigenvalue weighted by molar-refractivity contribution is 5.92. The number of hydrogen-bond donors (Lipinski definition) is 2. The zero-order valence-electron chi connectivity index (χ0n) is 4.40. The predicted molar refractivity (Wildman–Crippen MR) is 27.4 cm³/mol. The molecule has 47 valence electrons. The fourth-order valence-electron chi connectivity index (χ4n) is 0.389. The standard InChI is InChI=1S/C3H4N5O/c4-2-1(3(5)9)6-8-7-2/h4H2,(H2,5,9). The topological polar surface area (TPSA) is 108 Å². The lowest BCUT2D eigenvalue weighted by Gasteiger charge is -1.87. The van der Waals surface area contributed by atoms with Crippen LogP contribution in [-0.2, 0) is 4.79 Å². The van der Waals surface area contributed by atoms with Gasteiger partial charge >= 0.3 is 0 Å². The van der Waals surface area contributed by atoms with Gasteiger partial charge in [-0.25, -0.2) is 0 Å². The normalized spacial score (nSPS) is 16.0. The summed E-state index contributed by atoms with van der Waals surface area (Å²) in [5, 5.41) is 6.37. The molecule has 0 aliphatic carbocycles. The van der Waals surface area contributed by atoms with E-state index in [1.807, 2.05) is 0 Å². The van der Waals surface area contributed by atoms with Crippen LogP contribution in [0.4, 0.5) is 0 Å². The molecule has 0 fully saturated rings. The molecule has 0 aromatic rings. The average Bonchev–Trinajstić information content (AvgIpc) is 2.13. The van der Waals surface area contributed by atoms with Gasteiger partial charge in [0.1, 0.15) is 0 Å². The molecule has 0 spiro atoms. The second kappa shape index (κ2) is 1.73. The predicted octanol–water partition coefficient (Wildman–Crippen LogP) is -1.42. The van der Waals surface area contributed by atoms with Crippen molar-refractivity contribution in [3.05, 3.63) is 11.5 Å². The summed E-state index contributed by atoms with van der Waals surface area (Å²) in [6, 6.07) is 0. The van der Waals surface area contributed by atoms with Crippen molar-refractivity contribution in [3.63, 3.8) is 0 Å². The molecule has 0 bridgehead atoms. The largest absolute Gasteiger partial charge is 0.380 e. The monoisotopic (exact) mass is 126 g/mol. The smallest absolute Gasteiger partial charge is 0.273 e. The molecule has 1 aliphatic rings. The summed E-state index contributed by atoms with van der Waals surface area (Å²) in [6.07, 6.45) is 0. The first-order valence-corrected chi connectivity index (χ1v) is 2.13. The van der Waals surface area contributed by atoms with Crippen molar-refractivity contribution in [1.29, 1.82) is 0 Å². The molecule has 1 radical (unpaired) electrons.